The maximum absolute atomic E-state index is 13.6. The summed E-state index contributed by atoms with van der Waals surface area (Å²) in [6.45, 7) is 0. The Morgan fingerprint density at radius 3 is 2.57 bits per heavy atom. The zero-order valence-electron chi connectivity index (χ0n) is 10.7. The van der Waals surface area contributed by atoms with E-state index in [1.165, 1.54) is 36.0 Å². The van der Waals surface area contributed by atoms with Gasteiger partial charge in [-0.1, -0.05) is 12.1 Å². The molecule has 0 spiro atoms. The summed E-state index contributed by atoms with van der Waals surface area (Å²) in [7, 11) is 0. The van der Waals surface area contributed by atoms with E-state index in [4.69, 9.17) is 0 Å². The van der Waals surface area contributed by atoms with Crippen LogP contribution in [0.1, 0.15) is 15.9 Å². The van der Waals surface area contributed by atoms with Crippen molar-refractivity contribution in [2.75, 3.05) is 5.75 Å². The van der Waals surface area contributed by atoms with Gasteiger partial charge >= 0.3 is 0 Å². The largest absolute Gasteiger partial charge is 0.289 e. The first-order chi connectivity index (χ1) is 10.1. The Labute approximate surface area is 123 Å². The third-order valence-electron chi connectivity index (χ3n) is 3.16. The van der Waals surface area contributed by atoms with Gasteiger partial charge in [-0.15, -0.1) is 11.8 Å². The predicted octanol–water partition coefficient (Wildman–Crippen LogP) is 4.48. The van der Waals surface area contributed by atoms with Crippen molar-refractivity contribution in [1.29, 1.82) is 0 Å². The van der Waals surface area contributed by atoms with Gasteiger partial charge in [0.25, 0.3) is 0 Å². The molecule has 0 N–H and O–H groups in total. The van der Waals surface area contributed by atoms with E-state index in [9.17, 15) is 18.0 Å². The van der Waals surface area contributed by atoms with Gasteiger partial charge in [-0.2, -0.15) is 0 Å². The third-order valence-corrected chi connectivity index (χ3v) is 4.32. The minimum Gasteiger partial charge on any atom is -0.289 e. The molecule has 0 aliphatic carbocycles. The molecular weight excluding hydrogens is 297 g/mol. The summed E-state index contributed by atoms with van der Waals surface area (Å²) in [5.74, 6) is -2.31. The van der Waals surface area contributed by atoms with E-state index < -0.39 is 17.5 Å². The molecule has 2 aromatic carbocycles. The molecule has 0 unspecified atom stereocenters. The van der Waals surface area contributed by atoms with Crippen LogP contribution < -0.4 is 0 Å². The summed E-state index contributed by atoms with van der Waals surface area (Å²) in [5, 5.41) is 0. The average molecular weight is 306 g/mol. The number of halogens is 3. The molecule has 5 heteroatoms. The maximum atomic E-state index is 13.6. The Morgan fingerprint density at radius 2 is 1.81 bits per heavy atom. The second-order valence-electron chi connectivity index (χ2n) is 4.58. The minimum absolute atomic E-state index is 0.284. The van der Waals surface area contributed by atoms with Crippen molar-refractivity contribution < 1.29 is 18.0 Å². The summed E-state index contributed by atoms with van der Waals surface area (Å²) in [4.78, 5) is 12.6. The number of Topliss-reactive ketones (excluding diaryl/α,β-unsaturated/α-hetero) is 1. The summed E-state index contributed by atoms with van der Waals surface area (Å²) in [6.07, 6.45) is 1.51. The van der Waals surface area contributed by atoms with Crippen LogP contribution in [0.25, 0.3) is 6.08 Å². The second kappa shape index (κ2) is 5.41. The molecule has 0 radical (unpaired) electrons. The van der Waals surface area contributed by atoms with Gasteiger partial charge < -0.3 is 0 Å². The molecule has 0 saturated carbocycles. The number of carbonyl (C=O) groups is 1. The predicted molar refractivity (Wildman–Crippen MR) is 75.8 cm³/mol. The number of hydrogen-bond acceptors (Lipinski definition) is 2. The number of thioether (sulfide) groups is 1. The molecule has 0 bridgehead atoms. The molecule has 2 aromatic rings. The van der Waals surface area contributed by atoms with Crippen LogP contribution in [0, 0.1) is 17.5 Å². The Morgan fingerprint density at radius 1 is 1.00 bits per heavy atom. The molecule has 106 valence electrons. The second-order valence-corrected chi connectivity index (χ2v) is 5.56. The molecular formula is C16H9F3OS. The van der Waals surface area contributed by atoms with E-state index in [1.54, 1.807) is 6.07 Å². The fourth-order valence-corrected chi connectivity index (χ4v) is 3.17. The molecule has 0 atom stereocenters. The van der Waals surface area contributed by atoms with Crippen molar-refractivity contribution in [2.45, 2.75) is 4.90 Å². The first-order valence-corrected chi connectivity index (χ1v) is 7.16. The molecule has 0 aromatic heterocycles. The van der Waals surface area contributed by atoms with E-state index in [-0.39, 0.29) is 5.78 Å². The van der Waals surface area contributed by atoms with Gasteiger partial charge in [0.2, 0.25) is 0 Å². The first-order valence-electron chi connectivity index (χ1n) is 6.18. The van der Waals surface area contributed by atoms with Crippen LogP contribution in [0.4, 0.5) is 13.2 Å². The van der Waals surface area contributed by atoms with Crippen molar-refractivity contribution in [3.8, 4) is 0 Å². The third kappa shape index (κ3) is 2.61. The topological polar surface area (TPSA) is 17.1 Å². The SMILES string of the molecule is O=C1/C(=C\c2ccc(F)c(F)c2)CSc2c(F)cccc21. The van der Waals surface area contributed by atoms with Gasteiger partial charge in [0.05, 0.1) is 4.90 Å². The fraction of sp³-hybridized carbons (Fsp3) is 0.0625. The molecule has 0 saturated heterocycles. The van der Waals surface area contributed by atoms with E-state index in [2.05, 4.69) is 0 Å². The number of benzene rings is 2. The van der Waals surface area contributed by atoms with Crippen LogP contribution >= 0.6 is 11.8 Å². The van der Waals surface area contributed by atoms with E-state index in [0.717, 1.165) is 12.1 Å². The standard InChI is InChI=1S/C16H9F3OS/c17-12-5-4-9(7-14(12)19)6-10-8-21-16-11(15(10)20)2-1-3-13(16)18/h1-7H,8H2/b10-6-. The van der Waals surface area contributed by atoms with Crippen molar-refractivity contribution >= 4 is 23.6 Å². The Kier molecular flexibility index (Phi) is 3.59. The smallest absolute Gasteiger partial charge is 0.191 e. The average Bonchev–Trinajstić information content (AvgIpc) is 2.46. The molecule has 0 amide bonds. The highest BCUT2D eigenvalue weighted by Gasteiger charge is 2.24. The van der Waals surface area contributed by atoms with E-state index in [0.29, 0.717) is 27.3 Å². The number of hydrogen-bond donors (Lipinski definition) is 0. The Balaban J connectivity index is 1.99. The molecule has 1 aliphatic heterocycles. The van der Waals surface area contributed by atoms with Gasteiger partial charge in [-0.05, 0) is 35.9 Å². The normalized spacial score (nSPS) is 16.1. The first kappa shape index (κ1) is 13.9. The van der Waals surface area contributed by atoms with Gasteiger partial charge in [0.1, 0.15) is 5.82 Å². The highest BCUT2D eigenvalue weighted by atomic mass is 32.2. The van der Waals surface area contributed by atoms with E-state index in [1.807, 2.05) is 0 Å². The Bertz CT molecular complexity index is 768. The van der Waals surface area contributed by atoms with Crippen LogP contribution in [0.15, 0.2) is 46.9 Å². The molecule has 3 rings (SSSR count). The lowest BCUT2D eigenvalue weighted by Gasteiger charge is -2.17. The van der Waals surface area contributed by atoms with Crippen LogP contribution in [0.3, 0.4) is 0 Å². The van der Waals surface area contributed by atoms with Crippen LogP contribution in [-0.4, -0.2) is 11.5 Å². The highest BCUT2D eigenvalue weighted by Crippen LogP contribution is 2.35. The number of rotatable bonds is 1. The fourth-order valence-electron chi connectivity index (χ4n) is 2.13. The lowest BCUT2D eigenvalue weighted by atomic mass is 10.0. The summed E-state index contributed by atoms with van der Waals surface area (Å²) < 4.78 is 39.7. The molecule has 21 heavy (non-hydrogen) atoms. The number of fused-ring (bicyclic) bond motifs is 1. The summed E-state index contributed by atoms with van der Waals surface area (Å²) >= 11 is 1.22. The zero-order chi connectivity index (χ0) is 15.0. The van der Waals surface area contributed by atoms with E-state index >= 15 is 0 Å². The quantitative estimate of drug-likeness (QED) is 0.723. The number of carbonyl (C=O) groups excluding carboxylic acids is 1. The molecule has 1 nitrogen and oxygen atoms in total. The Hall–Kier alpha value is -2.01. The monoisotopic (exact) mass is 306 g/mol. The van der Waals surface area contributed by atoms with Gasteiger partial charge in [-0.25, -0.2) is 13.2 Å². The van der Waals surface area contributed by atoms with Gasteiger partial charge in [-0.3, -0.25) is 4.79 Å². The van der Waals surface area contributed by atoms with Gasteiger partial charge in [0, 0.05) is 16.9 Å². The van der Waals surface area contributed by atoms with Crippen molar-refractivity contribution in [1.82, 2.24) is 0 Å². The van der Waals surface area contributed by atoms with Crippen LogP contribution in [0.2, 0.25) is 0 Å². The van der Waals surface area contributed by atoms with Crippen molar-refractivity contribution in [3.63, 3.8) is 0 Å². The summed E-state index contributed by atoms with van der Waals surface area (Å²) in [5.41, 5.74) is 1.14. The van der Waals surface area contributed by atoms with Crippen molar-refractivity contribution in [3.05, 3.63) is 70.5 Å². The molecule has 1 aliphatic rings. The van der Waals surface area contributed by atoms with Crippen LogP contribution in [-0.2, 0) is 0 Å². The molecule has 1 heterocycles. The lowest BCUT2D eigenvalue weighted by Crippen LogP contribution is -2.13. The summed E-state index contributed by atoms with van der Waals surface area (Å²) in [6, 6.07) is 7.78. The molecule has 0 fully saturated rings. The van der Waals surface area contributed by atoms with Crippen molar-refractivity contribution in [2.24, 2.45) is 0 Å². The maximum Gasteiger partial charge on any atom is 0.191 e. The lowest BCUT2D eigenvalue weighted by molar-refractivity contribution is 0.103. The minimum atomic E-state index is -0.966. The van der Waals surface area contributed by atoms with Crippen LogP contribution in [0.5, 0.6) is 0 Å². The van der Waals surface area contributed by atoms with Gasteiger partial charge in [0.15, 0.2) is 17.4 Å². The highest BCUT2D eigenvalue weighted by molar-refractivity contribution is 7.99. The number of ketones is 1. The zero-order valence-corrected chi connectivity index (χ0v) is 11.5.